The third-order valence-electron chi connectivity index (χ3n) is 3.59. The van der Waals surface area contributed by atoms with E-state index in [1.165, 1.54) is 18.5 Å². The zero-order chi connectivity index (χ0) is 19.2. The van der Waals surface area contributed by atoms with Crippen molar-refractivity contribution in [2.45, 2.75) is 6.54 Å². The van der Waals surface area contributed by atoms with Gasteiger partial charge in [-0.15, -0.1) is 5.10 Å². The molecule has 1 N–H and O–H groups in total. The highest BCUT2D eigenvalue weighted by molar-refractivity contribution is 5.78. The molecule has 27 heavy (non-hydrogen) atoms. The van der Waals surface area contributed by atoms with Crippen molar-refractivity contribution in [2.24, 2.45) is 5.10 Å². The van der Waals surface area contributed by atoms with Crippen molar-refractivity contribution in [3.05, 3.63) is 86.2 Å². The second kappa shape index (κ2) is 7.82. The number of nitro benzene ring substituents is 2. The number of rotatable bonds is 7. The van der Waals surface area contributed by atoms with Crippen LogP contribution in [-0.2, 0) is 6.54 Å². The molecule has 1 heterocycles. The highest BCUT2D eigenvalue weighted by Crippen LogP contribution is 2.28. The monoisotopic (exact) mass is 367 g/mol. The third-order valence-corrected chi connectivity index (χ3v) is 3.59. The van der Waals surface area contributed by atoms with Gasteiger partial charge in [0.25, 0.3) is 5.69 Å². The summed E-state index contributed by atoms with van der Waals surface area (Å²) in [6.07, 6.45) is 2.91. The summed E-state index contributed by atoms with van der Waals surface area (Å²) in [6, 6.07) is 12.9. The fourth-order valence-corrected chi connectivity index (χ4v) is 2.29. The third kappa shape index (κ3) is 4.28. The largest absolute Gasteiger partial charge is 0.301 e. The first-order valence-corrected chi connectivity index (χ1v) is 7.69. The zero-order valence-electron chi connectivity index (χ0n) is 13.8. The average molecular weight is 367 g/mol. The standard InChI is InChI=1S/C16H13N7O4/c24-22(25)13-6-7-15(16(8-13)23(26)27)19-17-9-14-10-18-20-21(14)11-12-4-2-1-3-5-12/h1-10,19H,11H2. The van der Waals surface area contributed by atoms with E-state index in [9.17, 15) is 20.2 Å². The Morgan fingerprint density at radius 3 is 2.59 bits per heavy atom. The highest BCUT2D eigenvalue weighted by atomic mass is 16.6. The van der Waals surface area contributed by atoms with Gasteiger partial charge in [0.1, 0.15) is 11.4 Å². The van der Waals surface area contributed by atoms with E-state index in [0.29, 0.717) is 12.2 Å². The molecule has 136 valence electrons. The molecular weight excluding hydrogens is 354 g/mol. The molecule has 1 aromatic heterocycles. The van der Waals surface area contributed by atoms with Gasteiger partial charge in [0, 0.05) is 6.07 Å². The van der Waals surface area contributed by atoms with Crippen LogP contribution in [0.2, 0.25) is 0 Å². The quantitative estimate of drug-likeness (QED) is 0.384. The Hall–Kier alpha value is -4.15. The molecule has 0 saturated heterocycles. The minimum absolute atomic E-state index is 0.0314. The maximum atomic E-state index is 11.1. The fourth-order valence-electron chi connectivity index (χ4n) is 2.29. The number of hydrogen-bond donors (Lipinski definition) is 1. The van der Waals surface area contributed by atoms with E-state index in [1.807, 2.05) is 30.3 Å². The van der Waals surface area contributed by atoms with Crippen molar-refractivity contribution < 1.29 is 9.85 Å². The summed E-state index contributed by atoms with van der Waals surface area (Å²) < 4.78 is 1.62. The fraction of sp³-hybridized carbons (Fsp3) is 0.0625. The molecule has 0 amide bonds. The first kappa shape index (κ1) is 17.7. The number of hydrazone groups is 1. The zero-order valence-corrected chi connectivity index (χ0v) is 13.8. The Morgan fingerprint density at radius 2 is 1.89 bits per heavy atom. The van der Waals surface area contributed by atoms with Gasteiger partial charge < -0.3 is 0 Å². The summed E-state index contributed by atoms with van der Waals surface area (Å²) in [5.74, 6) is 0. The maximum Gasteiger partial charge on any atom is 0.301 e. The lowest BCUT2D eigenvalue weighted by atomic mass is 10.2. The van der Waals surface area contributed by atoms with Gasteiger partial charge in [0.15, 0.2) is 0 Å². The Labute approximate surface area is 152 Å². The van der Waals surface area contributed by atoms with Crippen LogP contribution in [0.3, 0.4) is 0 Å². The van der Waals surface area contributed by atoms with Crippen LogP contribution in [-0.4, -0.2) is 31.1 Å². The molecule has 0 aliphatic carbocycles. The molecular formula is C16H13N7O4. The summed E-state index contributed by atoms with van der Waals surface area (Å²) in [4.78, 5) is 20.5. The number of aromatic nitrogens is 3. The lowest BCUT2D eigenvalue weighted by Gasteiger charge is -2.04. The molecule has 0 aliphatic rings. The molecule has 0 spiro atoms. The van der Waals surface area contributed by atoms with Crippen LogP contribution in [0.1, 0.15) is 11.3 Å². The Morgan fingerprint density at radius 1 is 1.11 bits per heavy atom. The summed E-state index contributed by atoms with van der Waals surface area (Å²) >= 11 is 0. The molecule has 3 rings (SSSR count). The molecule has 0 aliphatic heterocycles. The predicted molar refractivity (Wildman–Crippen MR) is 96.5 cm³/mol. The van der Waals surface area contributed by atoms with Crippen LogP contribution in [0.5, 0.6) is 0 Å². The molecule has 11 nitrogen and oxygen atoms in total. The number of anilines is 1. The lowest BCUT2D eigenvalue weighted by Crippen LogP contribution is -2.06. The minimum Gasteiger partial charge on any atom is -0.272 e. The molecule has 11 heteroatoms. The van der Waals surface area contributed by atoms with Gasteiger partial charge >= 0.3 is 5.69 Å². The van der Waals surface area contributed by atoms with Crippen molar-refractivity contribution in [1.29, 1.82) is 0 Å². The number of nitrogens with zero attached hydrogens (tertiary/aromatic N) is 6. The molecule has 0 saturated carbocycles. The van der Waals surface area contributed by atoms with Crippen molar-refractivity contribution in [3.63, 3.8) is 0 Å². The van der Waals surface area contributed by atoms with Crippen LogP contribution in [0.4, 0.5) is 17.1 Å². The van der Waals surface area contributed by atoms with Crippen molar-refractivity contribution in [1.82, 2.24) is 15.0 Å². The first-order chi connectivity index (χ1) is 13.0. The number of nitrogens with one attached hydrogen (secondary N) is 1. The number of non-ortho nitro benzene ring substituents is 1. The summed E-state index contributed by atoms with van der Waals surface area (Å²) in [5.41, 5.74) is 3.34. The molecule has 0 radical (unpaired) electrons. The smallest absolute Gasteiger partial charge is 0.272 e. The van der Waals surface area contributed by atoms with Gasteiger partial charge in [-0.2, -0.15) is 5.10 Å². The molecule has 2 aromatic carbocycles. The molecule has 3 aromatic rings. The Bertz CT molecular complexity index is 1000. The van der Waals surface area contributed by atoms with Gasteiger partial charge in [0.05, 0.1) is 34.9 Å². The van der Waals surface area contributed by atoms with E-state index < -0.39 is 15.5 Å². The van der Waals surface area contributed by atoms with E-state index in [-0.39, 0.29) is 11.4 Å². The van der Waals surface area contributed by atoms with E-state index in [0.717, 1.165) is 17.7 Å². The SMILES string of the molecule is O=[N+]([O-])c1ccc(NN=Cc2cnnn2Cc2ccccc2)c([N+](=O)[O-])c1. The van der Waals surface area contributed by atoms with Gasteiger partial charge in [-0.25, -0.2) is 4.68 Å². The highest BCUT2D eigenvalue weighted by Gasteiger charge is 2.19. The van der Waals surface area contributed by atoms with E-state index in [4.69, 9.17) is 0 Å². The lowest BCUT2D eigenvalue weighted by molar-refractivity contribution is -0.393. The van der Waals surface area contributed by atoms with Crippen LogP contribution in [0, 0.1) is 20.2 Å². The molecule has 0 atom stereocenters. The van der Waals surface area contributed by atoms with Crippen molar-refractivity contribution in [2.75, 3.05) is 5.43 Å². The van der Waals surface area contributed by atoms with Crippen molar-refractivity contribution in [3.8, 4) is 0 Å². The van der Waals surface area contributed by atoms with Crippen molar-refractivity contribution >= 4 is 23.3 Å². The van der Waals surface area contributed by atoms with E-state index in [2.05, 4.69) is 20.8 Å². The molecule has 0 unspecified atom stereocenters. The summed E-state index contributed by atoms with van der Waals surface area (Å²) in [6.45, 7) is 0.486. The van der Waals surface area contributed by atoms with Crippen LogP contribution in [0.25, 0.3) is 0 Å². The molecule has 0 bridgehead atoms. The molecule has 0 fully saturated rings. The Balaban J connectivity index is 1.76. The minimum atomic E-state index is -0.716. The van der Waals surface area contributed by atoms with Crippen LogP contribution < -0.4 is 5.43 Å². The summed E-state index contributed by atoms with van der Waals surface area (Å²) in [5, 5.41) is 33.6. The van der Waals surface area contributed by atoms with Gasteiger partial charge in [-0.1, -0.05) is 35.5 Å². The topological polar surface area (TPSA) is 141 Å². The number of hydrogen-bond acceptors (Lipinski definition) is 8. The Kier molecular flexibility index (Phi) is 5.12. The first-order valence-electron chi connectivity index (χ1n) is 7.69. The van der Waals surface area contributed by atoms with Crippen LogP contribution in [0.15, 0.2) is 59.8 Å². The predicted octanol–water partition coefficient (Wildman–Crippen LogP) is 2.59. The van der Waals surface area contributed by atoms with Gasteiger partial charge in [-0.3, -0.25) is 25.7 Å². The van der Waals surface area contributed by atoms with E-state index in [1.54, 1.807) is 4.68 Å². The normalized spacial score (nSPS) is 10.8. The second-order valence-corrected chi connectivity index (χ2v) is 5.39. The van der Waals surface area contributed by atoms with Gasteiger partial charge in [-0.05, 0) is 11.6 Å². The number of benzene rings is 2. The van der Waals surface area contributed by atoms with Crippen LogP contribution >= 0.6 is 0 Å². The second-order valence-electron chi connectivity index (χ2n) is 5.39. The number of nitro groups is 2. The maximum absolute atomic E-state index is 11.1. The average Bonchev–Trinajstić information content (AvgIpc) is 3.09. The van der Waals surface area contributed by atoms with Gasteiger partial charge in [0.2, 0.25) is 0 Å². The van der Waals surface area contributed by atoms with E-state index >= 15 is 0 Å². The summed E-state index contributed by atoms with van der Waals surface area (Å²) in [7, 11) is 0.